The SMILES string of the molecule is [CH]c1ccc(C(=O)N(C)C)cn1. The normalized spacial score (nSPS) is 9.58. The second-order valence-corrected chi connectivity index (χ2v) is 2.67. The van der Waals surface area contributed by atoms with Crippen molar-refractivity contribution in [1.29, 1.82) is 0 Å². The number of carbonyl (C=O) groups excluding carboxylic acids is 1. The van der Waals surface area contributed by atoms with E-state index in [2.05, 4.69) is 4.98 Å². The fourth-order valence-electron chi connectivity index (χ4n) is 0.790. The molecule has 0 aliphatic heterocycles. The first-order valence-electron chi connectivity index (χ1n) is 3.54. The maximum atomic E-state index is 11.3. The van der Waals surface area contributed by atoms with Crippen LogP contribution in [0.25, 0.3) is 0 Å². The fraction of sp³-hybridized carbons (Fsp3) is 0.222. The molecular weight excluding hydrogens is 152 g/mol. The van der Waals surface area contributed by atoms with E-state index in [1.54, 1.807) is 26.2 Å². The Hall–Kier alpha value is -1.38. The molecule has 1 rings (SSSR count). The van der Waals surface area contributed by atoms with Crippen LogP contribution < -0.4 is 0 Å². The van der Waals surface area contributed by atoms with Crippen LogP contribution in [0.4, 0.5) is 0 Å². The molecule has 3 nitrogen and oxygen atoms in total. The molecule has 0 atom stereocenters. The maximum absolute atomic E-state index is 11.3. The van der Waals surface area contributed by atoms with Gasteiger partial charge >= 0.3 is 0 Å². The van der Waals surface area contributed by atoms with E-state index < -0.39 is 0 Å². The van der Waals surface area contributed by atoms with Gasteiger partial charge in [-0.05, 0) is 12.1 Å². The van der Waals surface area contributed by atoms with Gasteiger partial charge in [0.25, 0.3) is 5.91 Å². The minimum Gasteiger partial charge on any atom is -0.345 e. The fourth-order valence-corrected chi connectivity index (χ4v) is 0.790. The van der Waals surface area contributed by atoms with Gasteiger partial charge in [0.1, 0.15) is 0 Å². The number of hydrogen-bond donors (Lipinski definition) is 0. The van der Waals surface area contributed by atoms with Gasteiger partial charge in [-0.2, -0.15) is 0 Å². The molecule has 0 unspecified atom stereocenters. The summed E-state index contributed by atoms with van der Waals surface area (Å²) in [6.07, 6.45) is 1.47. The van der Waals surface area contributed by atoms with Crippen LogP contribution in [0.3, 0.4) is 0 Å². The van der Waals surface area contributed by atoms with Gasteiger partial charge in [0.05, 0.1) is 5.56 Å². The van der Waals surface area contributed by atoms with Gasteiger partial charge in [-0.1, -0.05) is 0 Å². The Morgan fingerprint density at radius 1 is 1.50 bits per heavy atom. The first-order valence-corrected chi connectivity index (χ1v) is 3.54. The van der Waals surface area contributed by atoms with E-state index in [1.165, 1.54) is 11.1 Å². The minimum absolute atomic E-state index is 0.0671. The highest BCUT2D eigenvalue weighted by molar-refractivity contribution is 5.93. The number of hydrogen-bond acceptors (Lipinski definition) is 2. The average molecular weight is 162 g/mol. The molecule has 0 N–H and O–H groups in total. The largest absolute Gasteiger partial charge is 0.345 e. The highest BCUT2D eigenvalue weighted by atomic mass is 16.2. The molecule has 0 aliphatic rings. The summed E-state index contributed by atoms with van der Waals surface area (Å²) >= 11 is 0. The molecule has 62 valence electrons. The lowest BCUT2D eigenvalue weighted by Crippen LogP contribution is -2.21. The Morgan fingerprint density at radius 3 is 2.58 bits per heavy atom. The number of pyridine rings is 1. The summed E-state index contributed by atoms with van der Waals surface area (Å²) in [7, 11) is 3.39. The molecule has 0 spiro atoms. The van der Waals surface area contributed by atoms with Gasteiger partial charge < -0.3 is 4.90 Å². The van der Waals surface area contributed by atoms with Crippen LogP contribution in [0.5, 0.6) is 0 Å². The Bertz CT molecular complexity index is 277. The van der Waals surface area contributed by atoms with E-state index in [0.717, 1.165) is 0 Å². The van der Waals surface area contributed by atoms with Crippen LogP contribution in [-0.4, -0.2) is 29.9 Å². The highest BCUT2D eigenvalue weighted by Gasteiger charge is 2.06. The van der Waals surface area contributed by atoms with E-state index in [9.17, 15) is 4.79 Å². The molecule has 2 radical (unpaired) electrons. The number of amides is 1. The summed E-state index contributed by atoms with van der Waals surface area (Å²) in [6.45, 7) is 5.37. The predicted octanol–water partition coefficient (Wildman–Crippen LogP) is 0.843. The van der Waals surface area contributed by atoms with E-state index in [0.29, 0.717) is 11.3 Å². The maximum Gasteiger partial charge on any atom is 0.254 e. The summed E-state index contributed by atoms with van der Waals surface area (Å²) in [6, 6.07) is 3.27. The summed E-state index contributed by atoms with van der Waals surface area (Å²) in [5.74, 6) is -0.0671. The molecular formula is C9H10N2O. The predicted molar refractivity (Wildman–Crippen MR) is 45.7 cm³/mol. The van der Waals surface area contributed by atoms with E-state index >= 15 is 0 Å². The van der Waals surface area contributed by atoms with Gasteiger partial charge in [-0.25, -0.2) is 0 Å². The molecule has 0 aromatic carbocycles. The molecule has 1 amide bonds. The van der Waals surface area contributed by atoms with Crippen molar-refractivity contribution >= 4 is 5.91 Å². The van der Waals surface area contributed by atoms with Crippen molar-refractivity contribution in [3.8, 4) is 0 Å². The molecule has 12 heavy (non-hydrogen) atoms. The zero-order chi connectivity index (χ0) is 9.14. The number of carbonyl (C=O) groups is 1. The molecule has 1 heterocycles. The first-order chi connectivity index (χ1) is 5.61. The van der Waals surface area contributed by atoms with E-state index in [4.69, 9.17) is 6.92 Å². The van der Waals surface area contributed by atoms with Crippen molar-refractivity contribution in [3.05, 3.63) is 36.5 Å². The standard InChI is InChI=1S/C9H10N2O/c1-7-4-5-8(6-10-7)9(12)11(2)3/h1,4-6H,2-3H3. The lowest BCUT2D eigenvalue weighted by atomic mass is 10.2. The number of aromatic nitrogens is 1. The third kappa shape index (κ3) is 1.81. The van der Waals surface area contributed by atoms with Gasteiger partial charge in [-0.3, -0.25) is 9.78 Å². The Kier molecular flexibility index (Phi) is 2.43. The van der Waals surface area contributed by atoms with Gasteiger partial charge in [0.2, 0.25) is 0 Å². The molecule has 1 aromatic heterocycles. The van der Waals surface area contributed by atoms with Crippen molar-refractivity contribution in [1.82, 2.24) is 9.88 Å². The quantitative estimate of drug-likeness (QED) is 0.613. The van der Waals surface area contributed by atoms with Crippen molar-refractivity contribution in [3.63, 3.8) is 0 Å². The monoisotopic (exact) mass is 162 g/mol. The van der Waals surface area contributed by atoms with Crippen LogP contribution in [0.1, 0.15) is 16.1 Å². The van der Waals surface area contributed by atoms with Crippen molar-refractivity contribution in [2.24, 2.45) is 0 Å². The summed E-state index contributed by atoms with van der Waals surface area (Å²) in [5, 5.41) is 0. The second kappa shape index (κ2) is 3.34. The van der Waals surface area contributed by atoms with Gasteiger partial charge in [-0.15, -0.1) is 0 Å². The molecule has 0 saturated heterocycles. The van der Waals surface area contributed by atoms with Crippen LogP contribution in [0.2, 0.25) is 0 Å². The molecule has 0 aliphatic carbocycles. The molecule has 0 fully saturated rings. The third-order valence-corrected chi connectivity index (χ3v) is 1.44. The van der Waals surface area contributed by atoms with Crippen LogP contribution in [0, 0.1) is 6.92 Å². The summed E-state index contributed by atoms with van der Waals surface area (Å²) in [5.41, 5.74) is 0.972. The van der Waals surface area contributed by atoms with Crippen molar-refractivity contribution in [2.75, 3.05) is 14.1 Å². The molecule has 1 aromatic rings. The summed E-state index contributed by atoms with van der Waals surface area (Å²) in [4.78, 5) is 16.6. The van der Waals surface area contributed by atoms with Crippen LogP contribution in [-0.2, 0) is 0 Å². The number of rotatable bonds is 1. The van der Waals surface area contributed by atoms with Crippen LogP contribution >= 0.6 is 0 Å². The van der Waals surface area contributed by atoms with Crippen LogP contribution in [0.15, 0.2) is 18.3 Å². The lowest BCUT2D eigenvalue weighted by Gasteiger charge is -2.09. The average Bonchev–Trinajstić information content (AvgIpc) is 2.04. The number of nitrogens with zero attached hydrogens (tertiary/aromatic N) is 2. The Labute approximate surface area is 72.0 Å². The van der Waals surface area contributed by atoms with Gasteiger partial charge in [0, 0.05) is 32.9 Å². The Balaban J connectivity index is 2.90. The van der Waals surface area contributed by atoms with E-state index in [-0.39, 0.29) is 5.91 Å². The highest BCUT2D eigenvalue weighted by Crippen LogP contribution is 2.01. The summed E-state index contributed by atoms with van der Waals surface area (Å²) < 4.78 is 0. The van der Waals surface area contributed by atoms with Gasteiger partial charge in [0.15, 0.2) is 0 Å². The molecule has 3 heteroatoms. The molecule has 0 saturated carbocycles. The topological polar surface area (TPSA) is 33.2 Å². The second-order valence-electron chi connectivity index (χ2n) is 2.67. The van der Waals surface area contributed by atoms with Crippen molar-refractivity contribution in [2.45, 2.75) is 0 Å². The Morgan fingerprint density at radius 2 is 2.17 bits per heavy atom. The smallest absolute Gasteiger partial charge is 0.254 e. The lowest BCUT2D eigenvalue weighted by molar-refractivity contribution is 0.0827. The third-order valence-electron chi connectivity index (χ3n) is 1.44. The zero-order valence-corrected chi connectivity index (χ0v) is 7.11. The zero-order valence-electron chi connectivity index (χ0n) is 7.11. The first kappa shape index (κ1) is 8.71. The minimum atomic E-state index is -0.0671. The molecule has 0 bridgehead atoms. The van der Waals surface area contributed by atoms with E-state index in [1.807, 2.05) is 0 Å². The van der Waals surface area contributed by atoms with Crippen molar-refractivity contribution < 1.29 is 4.79 Å².